The van der Waals surface area contributed by atoms with Gasteiger partial charge in [-0.15, -0.1) is 6.58 Å². The van der Waals surface area contributed by atoms with Crippen LogP contribution in [0.15, 0.2) is 85.5 Å². The van der Waals surface area contributed by atoms with Gasteiger partial charge in [-0.25, -0.2) is 0 Å². The molecule has 43 heavy (non-hydrogen) atoms. The van der Waals surface area contributed by atoms with Gasteiger partial charge in [-0.1, -0.05) is 73.7 Å². The second kappa shape index (κ2) is 15.6. The molecule has 0 aliphatic carbocycles. The topological polar surface area (TPSA) is 108 Å². The number of nitrogens with one attached hydrogen (secondary N) is 1. The summed E-state index contributed by atoms with van der Waals surface area (Å²) in [6, 6.07) is 24.0. The highest BCUT2D eigenvalue weighted by Crippen LogP contribution is 2.42. The molecule has 8 heteroatoms. The van der Waals surface area contributed by atoms with Crippen LogP contribution in [0.3, 0.4) is 0 Å². The number of carboxylic acid groups (broad SMARTS) is 1. The van der Waals surface area contributed by atoms with Crippen LogP contribution in [-0.2, 0) is 32.2 Å². The number of hydrogen-bond donors (Lipinski definition) is 3. The number of likely N-dealkylation sites (N-methyl/N-ethyl adjacent to an activating group) is 1. The normalized spacial score (nSPS) is 20.1. The summed E-state index contributed by atoms with van der Waals surface area (Å²) < 4.78 is 13.2. The van der Waals surface area contributed by atoms with Crippen LogP contribution in [0, 0.1) is 5.92 Å². The van der Waals surface area contributed by atoms with Crippen LogP contribution in [0.4, 0.5) is 0 Å². The van der Waals surface area contributed by atoms with Gasteiger partial charge < -0.3 is 29.9 Å². The Morgan fingerprint density at radius 3 is 2.37 bits per heavy atom. The van der Waals surface area contributed by atoms with E-state index in [-0.39, 0.29) is 43.5 Å². The van der Waals surface area contributed by atoms with Crippen molar-refractivity contribution in [2.45, 2.75) is 57.8 Å². The minimum atomic E-state index is -0.899. The molecule has 1 saturated heterocycles. The zero-order chi connectivity index (χ0) is 30.8. The van der Waals surface area contributed by atoms with Crippen LogP contribution in [0.25, 0.3) is 11.1 Å². The largest absolute Gasteiger partial charge is 0.481 e. The third kappa shape index (κ3) is 9.08. The summed E-state index contributed by atoms with van der Waals surface area (Å²) in [5, 5.41) is 21.2. The SMILES string of the molecule is C=CCN(C)C[C@H]1O[C@@H](c2cccc(-c3cccc(CNC(=O)CCCC(=O)O)c3)c2)O[C@@H](c2ccc(CO)cc2)[C@H]1C. The van der Waals surface area contributed by atoms with Crippen molar-refractivity contribution in [3.05, 3.63) is 108 Å². The maximum Gasteiger partial charge on any atom is 0.303 e. The lowest BCUT2D eigenvalue weighted by atomic mass is 9.90. The maximum absolute atomic E-state index is 12.1. The summed E-state index contributed by atoms with van der Waals surface area (Å²) in [6.45, 7) is 7.86. The van der Waals surface area contributed by atoms with Crippen LogP contribution in [-0.4, -0.2) is 53.2 Å². The molecule has 3 aromatic carbocycles. The first kappa shape index (κ1) is 32.1. The molecule has 3 aromatic rings. The Balaban J connectivity index is 1.52. The minimum Gasteiger partial charge on any atom is -0.481 e. The van der Waals surface area contributed by atoms with Gasteiger partial charge in [-0.2, -0.15) is 0 Å². The molecule has 1 amide bonds. The smallest absolute Gasteiger partial charge is 0.303 e. The molecule has 0 aromatic heterocycles. The van der Waals surface area contributed by atoms with Gasteiger partial charge >= 0.3 is 5.97 Å². The number of rotatable bonds is 14. The molecular formula is C35H42N2O6. The van der Waals surface area contributed by atoms with E-state index in [9.17, 15) is 14.7 Å². The van der Waals surface area contributed by atoms with E-state index in [1.807, 2.05) is 72.8 Å². The van der Waals surface area contributed by atoms with E-state index in [1.54, 1.807) is 0 Å². The molecule has 228 valence electrons. The number of hydrogen-bond acceptors (Lipinski definition) is 6. The lowest BCUT2D eigenvalue weighted by molar-refractivity contribution is -0.275. The molecule has 1 fully saturated rings. The predicted octanol–water partition coefficient (Wildman–Crippen LogP) is 5.63. The first-order chi connectivity index (χ1) is 20.8. The predicted molar refractivity (Wildman–Crippen MR) is 166 cm³/mol. The highest BCUT2D eigenvalue weighted by Gasteiger charge is 2.38. The van der Waals surface area contributed by atoms with E-state index in [4.69, 9.17) is 14.6 Å². The third-order valence-electron chi connectivity index (χ3n) is 7.76. The number of aliphatic hydroxyl groups is 1. The maximum atomic E-state index is 12.1. The van der Waals surface area contributed by atoms with Crippen molar-refractivity contribution in [1.29, 1.82) is 0 Å². The lowest BCUT2D eigenvalue weighted by Crippen LogP contribution is -2.43. The number of benzene rings is 3. The number of carboxylic acids is 1. The quantitative estimate of drug-likeness (QED) is 0.210. The number of ether oxygens (including phenoxy) is 2. The Morgan fingerprint density at radius 2 is 1.67 bits per heavy atom. The fourth-order valence-electron chi connectivity index (χ4n) is 5.35. The van der Waals surface area contributed by atoms with E-state index in [1.165, 1.54) is 0 Å². The zero-order valence-electron chi connectivity index (χ0n) is 24.9. The van der Waals surface area contributed by atoms with Gasteiger partial charge in [-0.05, 0) is 53.4 Å². The van der Waals surface area contributed by atoms with Crippen molar-refractivity contribution in [2.24, 2.45) is 5.92 Å². The van der Waals surface area contributed by atoms with Gasteiger partial charge in [-0.3, -0.25) is 9.59 Å². The Kier molecular flexibility index (Phi) is 11.6. The van der Waals surface area contributed by atoms with Gasteiger partial charge in [0.25, 0.3) is 0 Å². The van der Waals surface area contributed by atoms with E-state index >= 15 is 0 Å². The second-order valence-electron chi connectivity index (χ2n) is 11.2. The second-order valence-corrected chi connectivity index (χ2v) is 11.2. The van der Waals surface area contributed by atoms with Crippen molar-refractivity contribution in [3.8, 4) is 11.1 Å². The Hall–Kier alpha value is -3.82. The zero-order valence-corrected chi connectivity index (χ0v) is 24.9. The van der Waals surface area contributed by atoms with Crippen LogP contribution >= 0.6 is 0 Å². The van der Waals surface area contributed by atoms with Crippen molar-refractivity contribution >= 4 is 11.9 Å². The molecule has 3 N–H and O–H groups in total. The number of nitrogens with zero attached hydrogens (tertiary/aromatic N) is 1. The highest BCUT2D eigenvalue weighted by atomic mass is 16.7. The molecule has 0 spiro atoms. The van der Waals surface area contributed by atoms with Gasteiger partial charge in [0.2, 0.25) is 5.91 Å². The van der Waals surface area contributed by atoms with Gasteiger partial charge in [0.15, 0.2) is 6.29 Å². The summed E-state index contributed by atoms with van der Waals surface area (Å²) >= 11 is 0. The Labute approximate surface area is 254 Å². The van der Waals surface area contributed by atoms with Crippen LogP contribution in [0.1, 0.15) is 60.8 Å². The molecule has 0 unspecified atom stereocenters. The van der Waals surface area contributed by atoms with E-state index in [0.717, 1.165) is 46.5 Å². The monoisotopic (exact) mass is 586 g/mol. The first-order valence-corrected chi connectivity index (χ1v) is 14.7. The summed E-state index contributed by atoms with van der Waals surface area (Å²) in [4.78, 5) is 25.0. The molecule has 1 heterocycles. The average molecular weight is 587 g/mol. The van der Waals surface area contributed by atoms with Crippen molar-refractivity contribution < 1.29 is 29.3 Å². The van der Waals surface area contributed by atoms with Crippen LogP contribution in [0.2, 0.25) is 0 Å². The molecule has 0 radical (unpaired) electrons. The van der Waals surface area contributed by atoms with Crippen molar-refractivity contribution in [3.63, 3.8) is 0 Å². The first-order valence-electron chi connectivity index (χ1n) is 14.7. The highest BCUT2D eigenvalue weighted by molar-refractivity contribution is 5.76. The number of amides is 1. The molecular weight excluding hydrogens is 544 g/mol. The van der Waals surface area contributed by atoms with Gasteiger partial charge in [0.05, 0.1) is 18.8 Å². The number of carbonyl (C=O) groups is 2. The number of carbonyl (C=O) groups excluding carboxylic acids is 1. The van der Waals surface area contributed by atoms with Crippen molar-refractivity contribution in [2.75, 3.05) is 20.1 Å². The van der Waals surface area contributed by atoms with Crippen LogP contribution in [0.5, 0.6) is 0 Å². The molecule has 4 rings (SSSR count). The lowest BCUT2D eigenvalue weighted by Gasteiger charge is -2.42. The molecule has 1 aliphatic rings. The van der Waals surface area contributed by atoms with Crippen molar-refractivity contribution in [1.82, 2.24) is 10.2 Å². The summed E-state index contributed by atoms with van der Waals surface area (Å²) in [5.41, 5.74) is 5.77. The van der Waals surface area contributed by atoms with E-state index in [2.05, 4.69) is 36.8 Å². The van der Waals surface area contributed by atoms with Gasteiger partial charge in [0.1, 0.15) is 0 Å². The Morgan fingerprint density at radius 1 is 0.953 bits per heavy atom. The minimum absolute atomic E-state index is 0.00474. The summed E-state index contributed by atoms with van der Waals surface area (Å²) in [7, 11) is 2.05. The average Bonchev–Trinajstić information content (AvgIpc) is 3.01. The Bertz CT molecular complexity index is 1370. The summed E-state index contributed by atoms with van der Waals surface area (Å²) in [5.74, 6) is -0.977. The number of aliphatic hydroxyl groups excluding tert-OH is 1. The molecule has 4 atom stereocenters. The molecule has 8 nitrogen and oxygen atoms in total. The van der Waals surface area contributed by atoms with Gasteiger partial charge in [0, 0.05) is 44.0 Å². The molecule has 0 saturated carbocycles. The third-order valence-corrected chi connectivity index (χ3v) is 7.76. The summed E-state index contributed by atoms with van der Waals surface area (Å²) in [6.07, 6.45) is 1.51. The van der Waals surface area contributed by atoms with E-state index < -0.39 is 12.3 Å². The number of aliphatic carboxylic acids is 1. The molecule has 1 aliphatic heterocycles. The van der Waals surface area contributed by atoms with Crippen LogP contribution < -0.4 is 5.32 Å². The van der Waals surface area contributed by atoms with E-state index in [0.29, 0.717) is 13.0 Å². The molecule has 0 bridgehead atoms. The fraction of sp³-hybridized carbons (Fsp3) is 0.371. The standard InChI is InChI=1S/C35H42N2O6/c1-4-18-37(3)22-31-24(2)34(27-16-14-25(23-38)15-17-27)43-35(42-31)30-11-6-10-29(20-30)28-9-5-8-26(19-28)21-36-32(39)12-7-13-33(40)41/h4-6,8-11,14-17,19-20,24,31,34-35,38H,1,7,12-13,18,21-23H2,2-3H3,(H,36,39)(H,40,41)/t24-,31+,34+,35+/m0/s1. The fourth-order valence-corrected chi connectivity index (χ4v) is 5.35.